The fraction of sp³-hybridized carbons (Fsp3) is 0.913. The molecule has 3 atom stereocenters. The van der Waals surface area contributed by atoms with Crippen LogP contribution in [0.1, 0.15) is 85.5 Å². The average molecular weight is 480 g/mol. The highest BCUT2D eigenvalue weighted by molar-refractivity contribution is 8.22. The monoisotopic (exact) mass is 479 g/mol. The maximum atomic E-state index is 11.7. The van der Waals surface area contributed by atoms with Crippen LogP contribution in [0.4, 0.5) is 0 Å². The van der Waals surface area contributed by atoms with E-state index in [9.17, 15) is 15.0 Å². The Morgan fingerprint density at radius 3 is 2.07 bits per heavy atom. The molecule has 3 unspecified atom stereocenters. The van der Waals surface area contributed by atoms with Crippen LogP contribution < -0.4 is 0 Å². The minimum Gasteiger partial charge on any atom is -0.481 e. The first kappa shape index (κ1) is 30.0. The fourth-order valence-electron chi connectivity index (χ4n) is 3.27. The van der Waals surface area contributed by atoms with Gasteiger partial charge in [0.2, 0.25) is 0 Å². The summed E-state index contributed by atoms with van der Waals surface area (Å²) in [4.78, 5) is 13.9. The molecule has 0 aliphatic rings. The average Bonchev–Trinajstić information content (AvgIpc) is 2.73. The standard InChI is InChI=1S/C23H45NO3S3/c1-5-9-12-19(8-4)15-20(22(26)27)16-29-17-21(25)18-30-23(28)24(13-10-6-2)14-11-7-3/h19-21,25H,5-18H2,1-4H3,(H,26,27). The minimum absolute atomic E-state index is 0.323. The third kappa shape index (κ3) is 14.9. The molecule has 0 fully saturated rings. The van der Waals surface area contributed by atoms with Crippen molar-refractivity contribution in [3.8, 4) is 0 Å². The quantitative estimate of drug-likeness (QED) is 0.211. The zero-order valence-electron chi connectivity index (χ0n) is 19.6. The highest BCUT2D eigenvalue weighted by atomic mass is 32.2. The Morgan fingerprint density at radius 2 is 1.57 bits per heavy atom. The third-order valence-corrected chi connectivity index (χ3v) is 8.29. The van der Waals surface area contributed by atoms with Gasteiger partial charge in [0.1, 0.15) is 4.32 Å². The number of aliphatic carboxylic acids is 1. The van der Waals surface area contributed by atoms with E-state index in [1.165, 1.54) is 6.42 Å². The number of hydrogen-bond acceptors (Lipinski definition) is 5. The van der Waals surface area contributed by atoms with Gasteiger partial charge in [0.25, 0.3) is 0 Å². The number of aliphatic hydroxyl groups excluding tert-OH is 1. The van der Waals surface area contributed by atoms with E-state index in [0.29, 0.717) is 23.2 Å². The molecule has 0 radical (unpaired) electrons. The molecular formula is C23H45NO3S3. The number of thiocarbonyl (C=S) groups is 1. The molecule has 2 N–H and O–H groups in total. The number of carbonyl (C=O) groups is 1. The van der Waals surface area contributed by atoms with Crippen LogP contribution >= 0.6 is 35.7 Å². The summed E-state index contributed by atoms with van der Waals surface area (Å²) in [7, 11) is 0. The number of aliphatic hydroxyl groups is 1. The number of hydrogen-bond donors (Lipinski definition) is 2. The van der Waals surface area contributed by atoms with Gasteiger partial charge < -0.3 is 15.1 Å². The Hall–Kier alpha value is 0.0200. The number of unbranched alkanes of at least 4 members (excludes halogenated alkanes) is 3. The van der Waals surface area contributed by atoms with Crippen LogP contribution in [-0.2, 0) is 4.79 Å². The molecular weight excluding hydrogens is 434 g/mol. The summed E-state index contributed by atoms with van der Waals surface area (Å²) in [5, 5.41) is 19.9. The summed E-state index contributed by atoms with van der Waals surface area (Å²) in [5.74, 6) is 1.17. The Balaban J connectivity index is 4.34. The third-order valence-electron chi connectivity index (χ3n) is 5.36. The van der Waals surface area contributed by atoms with Crippen LogP contribution in [0.2, 0.25) is 0 Å². The van der Waals surface area contributed by atoms with Gasteiger partial charge in [0, 0.05) is 30.3 Å². The van der Waals surface area contributed by atoms with E-state index in [0.717, 1.165) is 68.8 Å². The van der Waals surface area contributed by atoms with E-state index in [1.807, 2.05) is 0 Å². The molecule has 0 saturated heterocycles. The number of carboxylic acids is 1. The van der Waals surface area contributed by atoms with Gasteiger partial charge in [-0.15, -0.1) is 0 Å². The topological polar surface area (TPSA) is 60.8 Å². The lowest BCUT2D eigenvalue weighted by atomic mass is 9.89. The summed E-state index contributed by atoms with van der Waals surface area (Å²) in [6.07, 6.45) is 9.33. The summed E-state index contributed by atoms with van der Waals surface area (Å²) in [5.41, 5.74) is 0. The summed E-state index contributed by atoms with van der Waals surface area (Å²) in [6.45, 7) is 10.7. The summed E-state index contributed by atoms with van der Waals surface area (Å²) in [6, 6.07) is 0. The van der Waals surface area contributed by atoms with Crippen LogP contribution in [0.5, 0.6) is 0 Å². The predicted molar refractivity (Wildman–Crippen MR) is 139 cm³/mol. The molecule has 0 rings (SSSR count). The van der Waals surface area contributed by atoms with Gasteiger partial charge in [0.05, 0.1) is 12.0 Å². The number of rotatable bonds is 19. The lowest BCUT2D eigenvalue weighted by Crippen LogP contribution is -2.31. The van der Waals surface area contributed by atoms with Crippen LogP contribution in [0.25, 0.3) is 0 Å². The second kappa shape index (κ2) is 19.7. The number of nitrogens with zero attached hydrogens (tertiary/aromatic N) is 1. The maximum Gasteiger partial charge on any atom is 0.307 e. The molecule has 0 saturated carbocycles. The van der Waals surface area contributed by atoms with Gasteiger partial charge in [-0.25, -0.2) is 0 Å². The molecule has 0 aromatic rings. The van der Waals surface area contributed by atoms with E-state index < -0.39 is 12.1 Å². The Labute approximate surface area is 199 Å². The van der Waals surface area contributed by atoms with Crippen LogP contribution in [0, 0.1) is 11.8 Å². The highest BCUT2D eigenvalue weighted by Crippen LogP contribution is 2.25. The Kier molecular flexibility index (Phi) is 19.7. The molecule has 7 heteroatoms. The van der Waals surface area contributed by atoms with E-state index >= 15 is 0 Å². The molecule has 0 spiro atoms. The second-order valence-corrected chi connectivity index (χ2v) is 10.9. The molecule has 0 amide bonds. The van der Waals surface area contributed by atoms with Crippen molar-refractivity contribution >= 4 is 46.0 Å². The fourth-order valence-corrected chi connectivity index (χ4v) is 5.71. The molecule has 4 nitrogen and oxygen atoms in total. The van der Waals surface area contributed by atoms with Crippen molar-refractivity contribution in [1.29, 1.82) is 0 Å². The molecule has 0 aliphatic carbocycles. The molecule has 0 aromatic carbocycles. The van der Waals surface area contributed by atoms with Crippen molar-refractivity contribution in [2.75, 3.05) is 30.3 Å². The van der Waals surface area contributed by atoms with Gasteiger partial charge >= 0.3 is 5.97 Å². The second-order valence-electron chi connectivity index (χ2n) is 8.15. The zero-order valence-corrected chi connectivity index (χ0v) is 22.1. The normalized spacial score (nSPS) is 14.3. The molecule has 0 aromatic heterocycles. The molecule has 0 aliphatic heterocycles. The van der Waals surface area contributed by atoms with Gasteiger partial charge in [0.15, 0.2) is 0 Å². The van der Waals surface area contributed by atoms with Gasteiger partial charge in [-0.1, -0.05) is 90.2 Å². The van der Waals surface area contributed by atoms with E-state index in [-0.39, 0.29) is 5.92 Å². The summed E-state index contributed by atoms with van der Waals surface area (Å²) < 4.78 is 0.881. The highest BCUT2D eigenvalue weighted by Gasteiger charge is 2.22. The zero-order chi connectivity index (χ0) is 22.8. The molecule has 0 heterocycles. The van der Waals surface area contributed by atoms with Crippen molar-refractivity contribution in [1.82, 2.24) is 4.90 Å². The first-order valence-corrected chi connectivity index (χ1v) is 14.3. The molecule has 178 valence electrons. The van der Waals surface area contributed by atoms with Crippen LogP contribution in [0.15, 0.2) is 0 Å². The summed E-state index contributed by atoms with van der Waals surface area (Å²) >= 11 is 8.72. The van der Waals surface area contributed by atoms with Gasteiger partial charge in [-0.2, -0.15) is 11.8 Å². The Bertz CT molecular complexity index is 443. The minimum atomic E-state index is -0.704. The largest absolute Gasteiger partial charge is 0.481 e. The van der Waals surface area contributed by atoms with Crippen molar-refractivity contribution in [2.45, 2.75) is 91.6 Å². The lowest BCUT2D eigenvalue weighted by molar-refractivity contribution is -0.141. The van der Waals surface area contributed by atoms with Crippen LogP contribution in [-0.4, -0.2) is 61.9 Å². The predicted octanol–water partition coefficient (Wildman–Crippen LogP) is 6.31. The van der Waals surface area contributed by atoms with E-state index in [1.54, 1.807) is 23.5 Å². The van der Waals surface area contributed by atoms with E-state index in [4.69, 9.17) is 12.2 Å². The number of thioether (sulfide) groups is 2. The number of carboxylic acid groups (broad SMARTS) is 1. The molecule has 30 heavy (non-hydrogen) atoms. The molecule has 0 bridgehead atoms. The first-order valence-electron chi connectivity index (χ1n) is 11.8. The van der Waals surface area contributed by atoms with Crippen molar-refractivity contribution in [2.24, 2.45) is 11.8 Å². The van der Waals surface area contributed by atoms with Gasteiger partial charge in [-0.3, -0.25) is 4.79 Å². The van der Waals surface area contributed by atoms with Crippen molar-refractivity contribution in [3.05, 3.63) is 0 Å². The lowest BCUT2D eigenvalue weighted by Gasteiger charge is -2.25. The first-order chi connectivity index (χ1) is 14.4. The Morgan fingerprint density at radius 1 is 0.967 bits per heavy atom. The van der Waals surface area contributed by atoms with Crippen LogP contribution in [0.3, 0.4) is 0 Å². The maximum absolute atomic E-state index is 11.7. The smallest absolute Gasteiger partial charge is 0.307 e. The van der Waals surface area contributed by atoms with E-state index in [2.05, 4.69) is 32.6 Å². The van der Waals surface area contributed by atoms with Gasteiger partial charge in [-0.05, 0) is 25.2 Å². The van der Waals surface area contributed by atoms with Crippen molar-refractivity contribution < 1.29 is 15.0 Å². The van der Waals surface area contributed by atoms with Crippen molar-refractivity contribution in [3.63, 3.8) is 0 Å². The SMILES string of the molecule is CCCCC(CC)CC(CSCC(O)CSC(=S)N(CCCC)CCCC)C(=O)O.